The zero-order valence-corrected chi connectivity index (χ0v) is 9.48. The van der Waals surface area contributed by atoms with Crippen molar-refractivity contribution in [1.29, 1.82) is 0 Å². The van der Waals surface area contributed by atoms with Crippen LogP contribution in [0.25, 0.3) is 0 Å². The quantitative estimate of drug-likeness (QED) is 0.884. The Morgan fingerprint density at radius 1 is 1.50 bits per heavy atom. The minimum absolute atomic E-state index is 0.268. The molecule has 0 aliphatic rings. The van der Waals surface area contributed by atoms with E-state index in [9.17, 15) is 0 Å². The van der Waals surface area contributed by atoms with E-state index in [1.54, 1.807) is 30.2 Å². The summed E-state index contributed by atoms with van der Waals surface area (Å²) >= 11 is 6.02. The highest BCUT2D eigenvalue weighted by atomic mass is 35.5. The number of hydrogen-bond donors (Lipinski definition) is 1. The number of ether oxygens (including phenoxy) is 1. The van der Waals surface area contributed by atoms with Gasteiger partial charge in [0, 0.05) is 13.6 Å². The first-order valence-electron chi connectivity index (χ1n) is 4.71. The molecule has 16 heavy (non-hydrogen) atoms. The molecule has 1 heterocycles. The van der Waals surface area contributed by atoms with Crippen molar-refractivity contribution in [3.63, 3.8) is 0 Å². The third kappa shape index (κ3) is 2.32. The van der Waals surface area contributed by atoms with Crippen molar-refractivity contribution in [3.05, 3.63) is 35.1 Å². The van der Waals surface area contributed by atoms with E-state index in [0.29, 0.717) is 17.3 Å². The summed E-state index contributed by atoms with van der Waals surface area (Å²) in [5.74, 6) is 0.519. The van der Waals surface area contributed by atoms with Crippen molar-refractivity contribution < 1.29 is 4.74 Å². The van der Waals surface area contributed by atoms with Gasteiger partial charge in [0.1, 0.15) is 12.1 Å². The Bertz CT molecular complexity index is 497. The van der Waals surface area contributed by atoms with Gasteiger partial charge in [-0.25, -0.2) is 0 Å². The summed E-state index contributed by atoms with van der Waals surface area (Å²) in [6, 6.07) is 5.63. The first-order valence-corrected chi connectivity index (χ1v) is 5.09. The third-order valence-electron chi connectivity index (χ3n) is 2.01. The van der Waals surface area contributed by atoms with Crippen LogP contribution in [0.2, 0.25) is 5.02 Å². The van der Waals surface area contributed by atoms with Gasteiger partial charge in [-0.3, -0.25) is 4.68 Å². The zero-order valence-electron chi connectivity index (χ0n) is 8.72. The summed E-state index contributed by atoms with van der Waals surface area (Å²) in [4.78, 5) is 3.94. The molecule has 1 aromatic carbocycles. The number of nitrogens with two attached hydrogens (primary N) is 1. The standard InChI is InChI=1S/C10H11ClN4O/c1-15-6-13-10(14-15)16-9-3-2-7(5-12)4-8(9)11/h2-4,6H,5,12H2,1H3. The molecule has 84 valence electrons. The van der Waals surface area contributed by atoms with E-state index in [-0.39, 0.29) is 6.01 Å². The van der Waals surface area contributed by atoms with Crippen molar-refractivity contribution in [2.45, 2.75) is 6.54 Å². The predicted molar refractivity (Wildman–Crippen MR) is 60.4 cm³/mol. The van der Waals surface area contributed by atoms with E-state index in [1.165, 1.54) is 0 Å². The number of aryl methyl sites for hydroxylation is 1. The van der Waals surface area contributed by atoms with Gasteiger partial charge in [0.15, 0.2) is 0 Å². The van der Waals surface area contributed by atoms with Gasteiger partial charge in [-0.1, -0.05) is 17.7 Å². The van der Waals surface area contributed by atoms with Crippen LogP contribution in [-0.4, -0.2) is 14.8 Å². The number of rotatable bonds is 3. The highest BCUT2D eigenvalue weighted by Gasteiger charge is 2.06. The second-order valence-electron chi connectivity index (χ2n) is 3.27. The summed E-state index contributed by atoms with van der Waals surface area (Å²) in [5.41, 5.74) is 6.45. The van der Waals surface area contributed by atoms with Crippen LogP contribution in [0.1, 0.15) is 5.56 Å². The molecule has 0 aliphatic heterocycles. The maximum atomic E-state index is 6.02. The fraction of sp³-hybridized carbons (Fsp3) is 0.200. The van der Waals surface area contributed by atoms with E-state index in [2.05, 4.69) is 10.1 Å². The van der Waals surface area contributed by atoms with Crippen molar-refractivity contribution >= 4 is 11.6 Å². The van der Waals surface area contributed by atoms with Crippen LogP contribution >= 0.6 is 11.6 Å². The Morgan fingerprint density at radius 3 is 2.88 bits per heavy atom. The largest absolute Gasteiger partial charge is 0.422 e. The number of hydrogen-bond acceptors (Lipinski definition) is 4. The van der Waals surface area contributed by atoms with Crippen LogP contribution in [0.15, 0.2) is 24.5 Å². The van der Waals surface area contributed by atoms with Gasteiger partial charge < -0.3 is 10.5 Å². The van der Waals surface area contributed by atoms with E-state index in [4.69, 9.17) is 22.1 Å². The average molecular weight is 239 g/mol. The SMILES string of the molecule is Cn1cnc(Oc2ccc(CN)cc2Cl)n1. The molecule has 0 unspecified atom stereocenters. The first-order chi connectivity index (χ1) is 7.69. The van der Waals surface area contributed by atoms with Gasteiger partial charge in [0.05, 0.1) is 5.02 Å². The van der Waals surface area contributed by atoms with Gasteiger partial charge >= 0.3 is 6.01 Å². The van der Waals surface area contributed by atoms with Gasteiger partial charge in [-0.15, -0.1) is 5.10 Å². The minimum atomic E-state index is 0.268. The van der Waals surface area contributed by atoms with Gasteiger partial charge in [0.2, 0.25) is 0 Å². The van der Waals surface area contributed by atoms with Crippen molar-refractivity contribution in [3.8, 4) is 11.8 Å². The van der Waals surface area contributed by atoms with Gasteiger partial charge in [-0.05, 0) is 17.7 Å². The van der Waals surface area contributed by atoms with E-state index < -0.39 is 0 Å². The molecule has 0 saturated heterocycles. The molecule has 0 atom stereocenters. The monoisotopic (exact) mass is 238 g/mol. The molecule has 2 N–H and O–H groups in total. The Hall–Kier alpha value is -1.59. The van der Waals surface area contributed by atoms with Crippen molar-refractivity contribution in [1.82, 2.24) is 14.8 Å². The predicted octanol–water partition coefficient (Wildman–Crippen LogP) is 1.72. The summed E-state index contributed by atoms with van der Waals surface area (Å²) < 4.78 is 6.97. The zero-order chi connectivity index (χ0) is 11.5. The summed E-state index contributed by atoms with van der Waals surface area (Å²) in [6.45, 7) is 0.446. The topological polar surface area (TPSA) is 66.0 Å². The fourth-order valence-electron chi connectivity index (χ4n) is 1.22. The molecule has 2 rings (SSSR count). The lowest BCUT2D eigenvalue weighted by Gasteiger charge is -2.04. The Labute approximate surface area is 97.8 Å². The maximum absolute atomic E-state index is 6.02. The Balaban J connectivity index is 2.21. The molecule has 0 amide bonds. The molecule has 2 aromatic rings. The first kappa shape index (κ1) is 10.9. The molecule has 0 saturated carbocycles. The van der Waals surface area contributed by atoms with E-state index >= 15 is 0 Å². The molecule has 0 aliphatic carbocycles. The van der Waals surface area contributed by atoms with Gasteiger partial charge in [0.25, 0.3) is 0 Å². The second kappa shape index (κ2) is 4.51. The summed E-state index contributed by atoms with van der Waals surface area (Å²) in [7, 11) is 1.76. The molecule has 0 fully saturated rings. The summed E-state index contributed by atoms with van der Waals surface area (Å²) in [5, 5.41) is 4.49. The van der Waals surface area contributed by atoms with Crippen LogP contribution < -0.4 is 10.5 Å². The molecular formula is C10H11ClN4O. The van der Waals surface area contributed by atoms with Crippen molar-refractivity contribution in [2.75, 3.05) is 0 Å². The molecular weight excluding hydrogens is 228 g/mol. The van der Waals surface area contributed by atoms with Gasteiger partial charge in [-0.2, -0.15) is 4.98 Å². The molecule has 0 bridgehead atoms. The lowest BCUT2D eigenvalue weighted by Crippen LogP contribution is -1.96. The third-order valence-corrected chi connectivity index (χ3v) is 2.31. The Morgan fingerprint density at radius 2 is 2.31 bits per heavy atom. The normalized spacial score (nSPS) is 10.4. The maximum Gasteiger partial charge on any atom is 0.341 e. The van der Waals surface area contributed by atoms with Crippen LogP contribution in [0.4, 0.5) is 0 Å². The van der Waals surface area contributed by atoms with E-state index in [1.807, 2.05) is 6.07 Å². The lowest BCUT2D eigenvalue weighted by molar-refractivity contribution is 0.439. The van der Waals surface area contributed by atoms with Crippen LogP contribution in [0, 0.1) is 0 Å². The summed E-state index contributed by atoms with van der Waals surface area (Å²) in [6.07, 6.45) is 1.55. The molecule has 0 spiro atoms. The molecule has 0 radical (unpaired) electrons. The van der Waals surface area contributed by atoms with Crippen LogP contribution in [0.5, 0.6) is 11.8 Å². The number of halogens is 1. The average Bonchev–Trinajstić information content (AvgIpc) is 2.67. The van der Waals surface area contributed by atoms with E-state index in [0.717, 1.165) is 5.56 Å². The van der Waals surface area contributed by atoms with Crippen molar-refractivity contribution in [2.24, 2.45) is 12.8 Å². The smallest absolute Gasteiger partial charge is 0.341 e. The minimum Gasteiger partial charge on any atom is -0.422 e. The highest BCUT2D eigenvalue weighted by molar-refractivity contribution is 6.32. The molecule has 6 heteroatoms. The number of aromatic nitrogens is 3. The lowest BCUT2D eigenvalue weighted by atomic mass is 10.2. The number of benzene rings is 1. The number of nitrogens with zero attached hydrogens (tertiary/aromatic N) is 3. The second-order valence-corrected chi connectivity index (χ2v) is 3.68. The molecule has 5 nitrogen and oxygen atoms in total. The fourth-order valence-corrected chi connectivity index (χ4v) is 1.46. The Kier molecular flexibility index (Phi) is 3.07. The van der Waals surface area contributed by atoms with Crippen LogP contribution in [-0.2, 0) is 13.6 Å². The molecule has 1 aromatic heterocycles. The van der Waals surface area contributed by atoms with Crippen LogP contribution in [0.3, 0.4) is 0 Å². The highest BCUT2D eigenvalue weighted by Crippen LogP contribution is 2.28.